The standard InChI is InChI=1S/C22H22N4O4S/c27-21(15-3-6-23-7-4-15)26-10-13-30-17(14-26)18-16-2-1-5-24-20(16)31-19(18)22(28)25-8-11-29-12-9-25/h1-7,17H,8-14H2/t17-/m0/s1. The summed E-state index contributed by atoms with van der Waals surface area (Å²) in [5.74, 6) is -0.0862. The summed E-state index contributed by atoms with van der Waals surface area (Å²) in [6.45, 7) is 3.51. The number of fused-ring (bicyclic) bond motifs is 1. The Morgan fingerprint density at radius 1 is 0.968 bits per heavy atom. The predicted octanol–water partition coefficient (Wildman–Crippen LogP) is 2.38. The first-order valence-electron chi connectivity index (χ1n) is 10.3. The van der Waals surface area contributed by atoms with E-state index in [-0.39, 0.29) is 11.8 Å². The van der Waals surface area contributed by atoms with Crippen molar-refractivity contribution in [2.24, 2.45) is 0 Å². The van der Waals surface area contributed by atoms with Crippen molar-refractivity contribution in [1.82, 2.24) is 19.8 Å². The number of carbonyl (C=O) groups is 2. The van der Waals surface area contributed by atoms with Gasteiger partial charge in [-0.25, -0.2) is 4.98 Å². The Bertz CT molecular complexity index is 1100. The molecule has 0 saturated carbocycles. The molecule has 5 heterocycles. The fourth-order valence-electron chi connectivity index (χ4n) is 4.03. The molecule has 2 aliphatic heterocycles. The van der Waals surface area contributed by atoms with E-state index in [9.17, 15) is 9.59 Å². The van der Waals surface area contributed by atoms with Gasteiger partial charge in [-0.2, -0.15) is 0 Å². The van der Waals surface area contributed by atoms with Crippen molar-refractivity contribution in [3.63, 3.8) is 0 Å². The number of rotatable bonds is 3. The van der Waals surface area contributed by atoms with Gasteiger partial charge in [0.05, 0.1) is 26.4 Å². The molecule has 5 rings (SSSR count). The highest BCUT2D eigenvalue weighted by atomic mass is 32.1. The number of pyridine rings is 2. The van der Waals surface area contributed by atoms with Crippen molar-refractivity contribution < 1.29 is 19.1 Å². The highest BCUT2D eigenvalue weighted by Crippen LogP contribution is 2.38. The van der Waals surface area contributed by atoms with Crippen molar-refractivity contribution in [3.8, 4) is 0 Å². The zero-order valence-electron chi connectivity index (χ0n) is 16.9. The Kier molecular flexibility index (Phi) is 5.63. The van der Waals surface area contributed by atoms with Crippen LogP contribution in [0.15, 0.2) is 42.9 Å². The Labute approximate surface area is 183 Å². The molecular formula is C22H22N4O4S. The highest BCUT2D eigenvalue weighted by Gasteiger charge is 2.33. The van der Waals surface area contributed by atoms with Gasteiger partial charge in [0.2, 0.25) is 0 Å². The summed E-state index contributed by atoms with van der Waals surface area (Å²) < 4.78 is 11.5. The molecule has 31 heavy (non-hydrogen) atoms. The third-order valence-electron chi connectivity index (χ3n) is 5.60. The third kappa shape index (κ3) is 3.91. The number of carbonyl (C=O) groups excluding carboxylic acids is 2. The van der Waals surface area contributed by atoms with E-state index >= 15 is 0 Å². The van der Waals surface area contributed by atoms with Gasteiger partial charge in [-0.1, -0.05) is 6.07 Å². The molecule has 9 heteroatoms. The number of hydrogen-bond acceptors (Lipinski definition) is 7. The van der Waals surface area contributed by atoms with Crippen LogP contribution < -0.4 is 0 Å². The average molecular weight is 439 g/mol. The maximum absolute atomic E-state index is 13.4. The van der Waals surface area contributed by atoms with Crippen molar-refractivity contribution in [3.05, 3.63) is 58.9 Å². The lowest BCUT2D eigenvalue weighted by atomic mass is 10.0. The van der Waals surface area contributed by atoms with E-state index in [1.54, 1.807) is 35.6 Å². The zero-order valence-corrected chi connectivity index (χ0v) is 17.7. The van der Waals surface area contributed by atoms with Gasteiger partial charge in [-0.3, -0.25) is 14.6 Å². The number of nitrogens with zero attached hydrogens (tertiary/aromatic N) is 4. The topological polar surface area (TPSA) is 84.9 Å². The van der Waals surface area contributed by atoms with Crippen LogP contribution in [-0.4, -0.2) is 77.6 Å². The molecule has 2 aliphatic rings. The summed E-state index contributed by atoms with van der Waals surface area (Å²) in [5.41, 5.74) is 1.42. The predicted molar refractivity (Wildman–Crippen MR) is 115 cm³/mol. The molecule has 0 spiro atoms. The van der Waals surface area contributed by atoms with E-state index in [1.807, 2.05) is 17.0 Å². The Morgan fingerprint density at radius 2 is 1.74 bits per heavy atom. The number of aromatic nitrogens is 2. The molecule has 3 aromatic rings. The summed E-state index contributed by atoms with van der Waals surface area (Å²) in [6.07, 6.45) is 4.56. The van der Waals surface area contributed by atoms with Crippen molar-refractivity contribution in [1.29, 1.82) is 0 Å². The lowest BCUT2D eigenvalue weighted by Crippen LogP contribution is -2.43. The molecule has 0 bridgehead atoms. The minimum Gasteiger partial charge on any atom is -0.378 e. The smallest absolute Gasteiger partial charge is 0.264 e. The van der Waals surface area contributed by atoms with E-state index in [0.717, 1.165) is 15.8 Å². The van der Waals surface area contributed by atoms with Crippen LogP contribution in [0.5, 0.6) is 0 Å². The number of hydrogen-bond donors (Lipinski definition) is 0. The quantitative estimate of drug-likeness (QED) is 0.624. The zero-order chi connectivity index (χ0) is 21.2. The van der Waals surface area contributed by atoms with Crippen LogP contribution in [0.3, 0.4) is 0 Å². The van der Waals surface area contributed by atoms with Crippen LogP contribution in [0.1, 0.15) is 31.7 Å². The maximum Gasteiger partial charge on any atom is 0.264 e. The Balaban J connectivity index is 1.48. The van der Waals surface area contributed by atoms with Crippen molar-refractivity contribution in [2.45, 2.75) is 6.10 Å². The molecule has 0 aliphatic carbocycles. The molecule has 2 saturated heterocycles. The molecule has 0 aromatic carbocycles. The lowest BCUT2D eigenvalue weighted by molar-refractivity contribution is -0.0225. The molecule has 0 N–H and O–H groups in total. The Hall–Kier alpha value is -2.88. The monoisotopic (exact) mass is 438 g/mol. The number of ether oxygens (including phenoxy) is 2. The minimum absolute atomic E-state index is 0.0255. The van der Waals surface area contributed by atoms with Crippen LogP contribution in [0.4, 0.5) is 0 Å². The molecule has 2 fully saturated rings. The van der Waals surface area contributed by atoms with E-state index in [2.05, 4.69) is 9.97 Å². The fraction of sp³-hybridized carbons (Fsp3) is 0.364. The molecular weight excluding hydrogens is 416 g/mol. The second-order valence-electron chi connectivity index (χ2n) is 7.45. The minimum atomic E-state index is -0.391. The van der Waals surface area contributed by atoms with Crippen LogP contribution in [0, 0.1) is 0 Å². The lowest BCUT2D eigenvalue weighted by Gasteiger charge is -2.34. The van der Waals surface area contributed by atoms with Gasteiger partial charge in [0.1, 0.15) is 15.8 Å². The second kappa shape index (κ2) is 8.70. The first-order chi connectivity index (χ1) is 15.2. The van der Waals surface area contributed by atoms with Gasteiger partial charge < -0.3 is 19.3 Å². The van der Waals surface area contributed by atoms with Crippen LogP contribution >= 0.6 is 11.3 Å². The molecule has 0 radical (unpaired) electrons. The number of thiophene rings is 1. The van der Waals surface area contributed by atoms with Crippen molar-refractivity contribution in [2.75, 3.05) is 46.0 Å². The second-order valence-corrected chi connectivity index (χ2v) is 8.45. The Morgan fingerprint density at radius 3 is 2.55 bits per heavy atom. The summed E-state index contributed by atoms with van der Waals surface area (Å²) in [6, 6.07) is 7.26. The maximum atomic E-state index is 13.4. The first kappa shape index (κ1) is 20.0. The summed E-state index contributed by atoms with van der Waals surface area (Å²) in [4.78, 5) is 39.9. The van der Waals surface area contributed by atoms with E-state index < -0.39 is 6.10 Å². The number of amides is 2. The van der Waals surface area contributed by atoms with E-state index in [4.69, 9.17) is 9.47 Å². The number of morpholine rings is 2. The highest BCUT2D eigenvalue weighted by molar-refractivity contribution is 7.20. The van der Waals surface area contributed by atoms with Gasteiger partial charge in [0.25, 0.3) is 11.8 Å². The van der Waals surface area contributed by atoms with Gasteiger partial charge in [-0.15, -0.1) is 11.3 Å². The van der Waals surface area contributed by atoms with E-state index in [1.165, 1.54) is 11.3 Å². The molecule has 0 unspecified atom stereocenters. The third-order valence-corrected chi connectivity index (χ3v) is 6.72. The largest absolute Gasteiger partial charge is 0.378 e. The van der Waals surface area contributed by atoms with Crippen LogP contribution in [0.25, 0.3) is 10.2 Å². The van der Waals surface area contributed by atoms with Gasteiger partial charge >= 0.3 is 0 Å². The SMILES string of the molecule is O=C(c1ccncc1)N1CCO[C@H](c2c(C(=O)N3CCOCC3)sc3ncccc23)C1. The summed E-state index contributed by atoms with van der Waals surface area (Å²) in [7, 11) is 0. The molecule has 2 amide bonds. The van der Waals surface area contributed by atoms with E-state index in [0.29, 0.717) is 56.4 Å². The molecule has 3 aromatic heterocycles. The summed E-state index contributed by atoms with van der Waals surface area (Å²) >= 11 is 1.39. The molecule has 8 nitrogen and oxygen atoms in total. The average Bonchev–Trinajstić information content (AvgIpc) is 3.24. The van der Waals surface area contributed by atoms with Crippen molar-refractivity contribution >= 4 is 33.4 Å². The van der Waals surface area contributed by atoms with Gasteiger partial charge in [0, 0.05) is 54.7 Å². The summed E-state index contributed by atoms with van der Waals surface area (Å²) in [5, 5.41) is 0.910. The van der Waals surface area contributed by atoms with Gasteiger partial charge in [0.15, 0.2) is 0 Å². The van der Waals surface area contributed by atoms with Gasteiger partial charge in [-0.05, 0) is 18.2 Å². The normalized spacial score (nSPS) is 19.5. The molecule has 160 valence electrons. The van der Waals surface area contributed by atoms with Crippen LogP contribution in [0.2, 0.25) is 0 Å². The fourth-order valence-corrected chi connectivity index (χ4v) is 5.19. The first-order valence-corrected chi connectivity index (χ1v) is 11.1. The molecule has 1 atom stereocenters. The van der Waals surface area contributed by atoms with Crippen LogP contribution in [-0.2, 0) is 9.47 Å².